The lowest BCUT2D eigenvalue weighted by atomic mass is 10.2. The SMILES string of the molecule is Cc1ccc(S[C@H]2CC(=O)N(c3ccccc3)C2=O)cc1. The number of thioether (sulfide) groups is 1. The number of carbonyl (C=O) groups excluding carboxylic acids is 2. The Balaban J connectivity index is 1.79. The highest BCUT2D eigenvalue weighted by Crippen LogP contribution is 2.33. The summed E-state index contributed by atoms with van der Waals surface area (Å²) in [5.74, 6) is -0.257. The summed E-state index contributed by atoms with van der Waals surface area (Å²) in [7, 11) is 0. The Bertz CT molecular complexity index is 667. The molecule has 4 heteroatoms. The number of para-hydroxylation sites is 1. The topological polar surface area (TPSA) is 37.4 Å². The Labute approximate surface area is 128 Å². The van der Waals surface area contributed by atoms with Gasteiger partial charge in [-0.3, -0.25) is 9.59 Å². The summed E-state index contributed by atoms with van der Waals surface area (Å²) in [6.07, 6.45) is 0.256. The van der Waals surface area contributed by atoms with Gasteiger partial charge >= 0.3 is 0 Å². The van der Waals surface area contributed by atoms with Crippen LogP contribution in [0, 0.1) is 6.92 Å². The number of nitrogens with zero attached hydrogens (tertiary/aromatic N) is 1. The second kappa shape index (κ2) is 5.74. The van der Waals surface area contributed by atoms with E-state index in [-0.39, 0.29) is 23.5 Å². The van der Waals surface area contributed by atoms with Crippen molar-refractivity contribution in [2.45, 2.75) is 23.5 Å². The van der Waals surface area contributed by atoms with Gasteiger partial charge in [0.15, 0.2) is 0 Å². The van der Waals surface area contributed by atoms with E-state index in [4.69, 9.17) is 0 Å². The number of rotatable bonds is 3. The lowest BCUT2D eigenvalue weighted by Gasteiger charge is -2.14. The van der Waals surface area contributed by atoms with Gasteiger partial charge in [-0.2, -0.15) is 0 Å². The molecule has 0 aromatic heterocycles. The Morgan fingerprint density at radius 1 is 1.00 bits per heavy atom. The molecule has 1 saturated heterocycles. The van der Waals surface area contributed by atoms with Gasteiger partial charge in [0.25, 0.3) is 0 Å². The van der Waals surface area contributed by atoms with Crippen molar-refractivity contribution in [1.29, 1.82) is 0 Å². The molecule has 0 spiro atoms. The summed E-state index contributed by atoms with van der Waals surface area (Å²) in [5.41, 5.74) is 1.83. The van der Waals surface area contributed by atoms with Crippen LogP contribution in [0.4, 0.5) is 5.69 Å². The van der Waals surface area contributed by atoms with Crippen molar-refractivity contribution in [3.63, 3.8) is 0 Å². The third-order valence-corrected chi connectivity index (χ3v) is 4.62. The van der Waals surface area contributed by atoms with Gasteiger partial charge < -0.3 is 0 Å². The Hall–Kier alpha value is -2.07. The molecule has 1 atom stereocenters. The fraction of sp³-hybridized carbons (Fsp3) is 0.176. The molecule has 2 aromatic rings. The van der Waals surface area contributed by atoms with E-state index in [1.54, 1.807) is 12.1 Å². The lowest BCUT2D eigenvalue weighted by Crippen LogP contribution is -2.30. The van der Waals surface area contributed by atoms with E-state index in [0.717, 1.165) is 4.90 Å². The number of anilines is 1. The van der Waals surface area contributed by atoms with E-state index in [0.29, 0.717) is 5.69 Å². The third-order valence-electron chi connectivity index (χ3n) is 3.42. The van der Waals surface area contributed by atoms with E-state index in [1.807, 2.05) is 49.4 Å². The molecule has 3 nitrogen and oxygen atoms in total. The molecule has 0 aliphatic carbocycles. The zero-order valence-corrected chi connectivity index (χ0v) is 12.5. The first kappa shape index (κ1) is 13.9. The van der Waals surface area contributed by atoms with Crippen LogP contribution in [-0.4, -0.2) is 17.1 Å². The van der Waals surface area contributed by atoms with Crippen LogP contribution >= 0.6 is 11.8 Å². The van der Waals surface area contributed by atoms with Crippen molar-refractivity contribution >= 4 is 29.3 Å². The Morgan fingerprint density at radius 2 is 1.67 bits per heavy atom. The maximum absolute atomic E-state index is 12.5. The van der Waals surface area contributed by atoms with Gasteiger partial charge in [0.1, 0.15) is 0 Å². The highest BCUT2D eigenvalue weighted by molar-refractivity contribution is 8.00. The van der Waals surface area contributed by atoms with Gasteiger partial charge in [-0.15, -0.1) is 11.8 Å². The predicted octanol–water partition coefficient (Wildman–Crippen LogP) is 3.42. The molecular weight excluding hydrogens is 282 g/mol. The van der Waals surface area contributed by atoms with Crippen LogP contribution in [0.15, 0.2) is 59.5 Å². The third kappa shape index (κ3) is 2.85. The minimum absolute atomic E-state index is 0.128. The van der Waals surface area contributed by atoms with Crippen LogP contribution in [0.2, 0.25) is 0 Å². The summed E-state index contributed by atoms with van der Waals surface area (Å²) >= 11 is 1.46. The van der Waals surface area contributed by atoms with E-state index < -0.39 is 0 Å². The van der Waals surface area contributed by atoms with Crippen LogP contribution in [-0.2, 0) is 9.59 Å². The summed E-state index contributed by atoms with van der Waals surface area (Å²) in [4.78, 5) is 26.9. The molecule has 2 amide bonds. The van der Waals surface area contributed by atoms with Gasteiger partial charge in [0.2, 0.25) is 11.8 Å². The normalized spacial score (nSPS) is 18.3. The van der Waals surface area contributed by atoms with Crippen molar-refractivity contribution in [3.05, 3.63) is 60.2 Å². The van der Waals surface area contributed by atoms with Gasteiger partial charge in [-0.1, -0.05) is 35.9 Å². The standard InChI is InChI=1S/C17H15NO2S/c1-12-7-9-14(10-8-12)21-15-11-16(19)18(17(15)20)13-5-3-2-4-6-13/h2-10,15H,11H2,1H3/t15-/m0/s1. The summed E-state index contributed by atoms with van der Waals surface area (Å²) in [6.45, 7) is 2.02. The number of hydrogen-bond acceptors (Lipinski definition) is 3. The fourth-order valence-corrected chi connectivity index (χ4v) is 3.38. The number of hydrogen-bond donors (Lipinski definition) is 0. The first-order valence-electron chi connectivity index (χ1n) is 6.80. The molecular formula is C17H15NO2S. The number of carbonyl (C=O) groups is 2. The van der Waals surface area contributed by atoms with Gasteiger partial charge in [0, 0.05) is 11.3 Å². The number of benzene rings is 2. The van der Waals surface area contributed by atoms with Crippen LogP contribution in [0.25, 0.3) is 0 Å². The molecule has 0 saturated carbocycles. The van der Waals surface area contributed by atoms with E-state index in [1.165, 1.54) is 22.2 Å². The van der Waals surface area contributed by atoms with E-state index in [2.05, 4.69) is 0 Å². The summed E-state index contributed by atoms with van der Waals surface area (Å²) in [5, 5.41) is -0.333. The molecule has 1 aliphatic heterocycles. The van der Waals surface area contributed by atoms with Crippen LogP contribution in [0.3, 0.4) is 0 Å². The summed E-state index contributed by atoms with van der Waals surface area (Å²) < 4.78 is 0. The lowest BCUT2D eigenvalue weighted by molar-refractivity contribution is -0.121. The molecule has 1 heterocycles. The summed E-state index contributed by atoms with van der Waals surface area (Å²) in [6, 6.07) is 17.1. The molecule has 0 bridgehead atoms. The van der Waals surface area contributed by atoms with Crippen LogP contribution < -0.4 is 4.90 Å². The van der Waals surface area contributed by atoms with Crippen molar-refractivity contribution in [1.82, 2.24) is 0 Å². The molecule has 106 valence electrons. The minimum Gasteiger partial charge on any atom is -0.274 e. The molecule has 0 N–H and O–H groups in total. The van der Waals surface area contributed by atoms with Gasteiger partial charge in [0.05, 0.1) is 10.9 Å². The number of amides is 2. The first-order chi connectivity index (χ1) is 10.1. The molecule has 1 aliphatic rings. The maximum Gasteiger partial charge on any atom is 0.247 e. The largest absolute Gasteiger partial charge is 0.274 e. The first-order valence-corrected chi connectivity index (χ1v) is 7.68. The second-order valence-electron chi connectivity index (χ2n) is 5.03. The zero-order valence-electron chi connectivity index (χ0n) is 11.7. The molecule has 1 fully saturated rings. The van der Waals surface area contributed by atoms with Crippen molar-refractivity contribution < 1.29 is 9.59 Å². The second-order valence-corrected chi connectivity index (χ2v) is 6.30. The number of imide groups is 1. The Kier molecular flexibility index (Phi) is 3.80. The minimum atomic E-state index is -0.333. The highest BCUT2D eigenvalue weighted by Gasteiger charge is 2.39. The molecule has 21 heavy (non-hydrogen) atoms. The molecule has 0 unspecified atom stereocenters. The molecule has 0 radical (unpaired) electrons. The smallest absolute Gasteiger partial charge is 0.247 e. The van der Waals surface area contributed by atoms with Crippen molar-refractivity contribution in [3.8, 4) is 0 Å². The monoisotopic (exact) mass is 297 g/mol. The average molecular weight is 297 g/mol. The van der Waals surface area contributed by atoms with E-state index >= 15 is 0 Å². The van der Waals surface area contributed by atoms with Crippen LogP contribution in [0.5, 0.6) is 0 Å². The van der Waals surface area contributed by atoms with Crippen molar-refractivity contribution in [2.75, 3.05) is 4.90 Å². The molecule has 2 aromatic carbocycles. The average Bonchev–Trinajstić information content (AvgIpc) is 2.77. The van der Waals surface area contributed by atoms with Crippen molar-refractivity contribution in [2.24, 2.45) is 0 Å². The van der Waals surface area contributed by atoms with Crippen LogP contribution in [0.1, 0.15) is 12.0 Å². The van der Waals surface area contributed by atoms with Gasteiger partial charge in [-0.25, -0.2) is 4.90 Å². The molecule has 3 rings (SSSR count). The predicted molar refractivity (Wildman–Crippen MR) is 84.4 cm³/mol. The van der Waals surface area contributed by atoms with Gasteiger partial charge in [-0.05, 0) is 31.2 Å². The van der Waals surface area contributed by atoms with E-state index in [9.17, 15) is 9.59 Å². The number of aryl methyl sites for hydroxylation is 1. The highest BCUT2D eigenvalue weighted by atomic mass is 32.2. The Morgan fingerprint density at radius 3 is 2.33 bits per heavy atom. The quantitative estimate of drug-likeness (QED) is 0.815. The zero-order chi connectivity index (χ0) is 14.8. The fourth-order valence-electron chi connectivity index (χ4n) is 2.33. The maximum atomic E-state index is 12.5.